The van der Waals surface area contributed by atoms with Crippen molar-refractivity contribution in [3.63, 3.8) is 0 Å². The van der Waals surface area contributed by atoms with Crippen LogP contribution < -0.4 is 0 Å². The molecule has 4 heteroatoms. The lowest BCUT2D eigenvalue weighted by Gasteiger charge is -1.98. The van der Waals surface area contributed by atoms with E-state index in [2.05, 4.69) is 13.2 Å². The van der Waals surface area contributed by atoms with E-state index in [4.69, 9.17) is 46.4 Å². The van der Waals surface area contributed by atoms with Gasteiger partial charge in [-0.3, -0.25) is 0 Å². The molecule has 0 N–H and O–H groups in total. The van der Waals surface area contributed by atoms with E-state index in [9.17, 15) is 0 Å². The van der Waals surface area contributed by atoms with Gasteiger partial charge in [-0.05, 0) is 23.8 Å². The maximum Gasteiger partial charge on any atom is 0.0493 e. The molecule has 2 aromatic rings. The van der Waals surface area contributed by atoms with E-state index in [1.165, 1.54) is 0 Å². The summed E-state index contributed by atoms with van der Waals surface area (Å²) < 4.78 is 0. The van der Waals surface area contributed by atoms with Gasteiger partial charge in [0, 0.05) is 25.7 Å². The first-order chi connectivity index (χ1) is 9.45. The molecule has 0 unspecified atom stereocenters. The van der Waals surface area contributed by atoms with Crippen molar-refractivity contribution in [3.05, 3.63) is 81.8 Å². The Morgan fingerprint density at radius 2 is 1.60 bits per heavy atom. The zero-order chi connectivity index (χ0) is 15.1. The maximum atomic E-state index is 5.77. The number of halogens is 4. The molecule has 0 spiro atoms. The van der Waals surface area contributed by atoms with Gasteiger partial charge < -0.3 is 0 Å². The fraction of sp³-hybridized carbons (Fsp3) is 0. The molecule has 0 aliphatic heterocycles. The number of rotatable bonds is 2. The molecule has 20 heavy (non-hydrogen) atoms. The largest absolute Gasteiger partial charge is 0.0984 e. The summed E-state index contributed by atoms with van der Waals surface area (Å²) in [5.74, 6) is 0. The van der Waals surface area contributed by atoms with Gasteiger partial charge in [0.25, 0.3) is 0 Å². The highest BCUT2D eigenvalue weighted by atomic mass is 35.5. The number of benzene rings is 2. The second-order valence-electron chi connectivity index (χ2n) is 3.75. The lowest BCUT2D eigenvalue weighted by Crippen LogP contribution is -1.75. The highest BCUT2D eigenvalue weighted by Crippen LogP contribution is 2.24. The van der Waals surface area contributed by atoms with Crippen LogP contribution >= 0.6 is 46.4 Å². The van der Waals surface area contributed by atoms with Crippen LogP contribution in [0.5, 0.6) is 0 Å². The standard InChI is InChI=1S/2C8H6Cl2/c1-6(9)7-4-2-3-5-8(7)10;1-2-6-3-4-7(9)5-8(6)10/h2*2-5H,1H2. The lowest BCUT2D eigenvalue weighted by molar-refractivity contribution is 1.65. The van der Waals surface area contributed by atoms with Crippen molar-refractivity contribution >= 4 is 57.5 Å². The second kappa shape index (κ2) is 8.39. The molecule has 2 aromatic carbocycles. The third-order valence-corrected chi connectivity index (χ3v) is 3.44. The molecule has 0 saturated heterocycles. The maximum absolute atomic E-state index is 5.77. The van der Waals surface area contributed by atoms with Gasteiger partial charge in [0.05, 0.1) is 0 Å². The summed E-state index contributed by atoms with van der Waals surface area (Å²) in [6, 6.07) is 12.6. The number of hydrogen-bond donors (Lipinski definition) is 0. The Hall–Kier alpha value is -0.920. The zero-order valence-corrected chi connectivity index (χ0v) is 13.6. The number of hydrogen-bond acceptors (Lipinski definition) is 0. The smallest absolute Gasteiger partial charge is 0.0493 e. The summed E-state index contributed by atoms with van der Waals surface area (Å²) in [7, 11) is 0. The van der Waals surface area contributed by atoms with Gasteiger partial charge in [-0.25, -0.2) is 0 Å². The van der Waals surface area contributed by atoms with Gasteiger partial charge in [0.1, 0.15) is 0 Å². The Labute approximate surface area is 139 Å². The molecule has 2 rings (SSSR count). The second-order valence-corrected chi connectivity index (χ2v) is 5.46. The van der Waals surface area contributed by atoms with Gasteiger partial charge in [0.15, 0.2) is 0 Å². The Morgan fingerprint density at radius 1 is 0.950 bits per heavy atom. The quantitative estimate of drug-likeness (QED) is 0.540. The zero-order valence-electron chi connectivity index (χ0n) is 10.5. The van der Waals surface area contributed by atoms with Gasteiger partial charge in [-0.1, -0.05) is 89.9 Å². The van der Waals surface area contributed by atoms with Crippen molar-refractivity contribution in [3.8, 4) is 0 Å². The summed E-state index contributed by atoms with van der Waals surface area (Å²) in [6.07, 6.45) is 1.69. The Kier molecular flexibility index (Phi) is 7.18. The molecule has 0 nitrogen and oxygen atoms in total. The fourth-order valence-electron chi connectivity index (χ4n) is 1.35. The predicted molar refractivity (Wildman–Crippen MR) is 92.9 cm³/mol. The Balaban J connectivity index is 0.000000200. The molecular formula is C16H12Cl4. The third-order valence-electron chi connectivity index (χ3n) is 2.35. The van der Waals surface area contributed by atoms with Crippen LogP contribution in [0.4, 0.5) is 0 Å². The van der Waals surface area contributed by atoms with E-state index < -0.39 is 0 Å². The average molecular weight is 346 g/mol. The molecule has 0 aliphatic carbocycles. The van der Waals surface area contributed by atoms with Crippen molar-refractivity contribution in [1.82, 2.24) is 0 Å². The van der Waals surface area contributed by atoms with Crippen LogP contribution in [0.1, 0.15) is 11.1 Å². The normalized spacial score (nSPS) is 9.40. The van der Waals surface area contributed by atoms with Crippen LogP contribution in [0.15, 0.2) is 55.6 Å². The van der Waals surface area contributed by atoms with E-state index in [1.54, 1.807) is 24.3 Å². The molecular weight excluding hydrogens is 334 g/mol. The third kappa shape index (κ3) is 5.22. The molecule has 0 aromatic heterocycles. The summed E-state index contributed by atoms with van der Waals surface area (Å²) >= 11 is 22.8. The first kappa shape index (κ1) is 17.1. The first-order valence-electron chi connectivity index (χ1n) is 5.62. The molecule has 0 saturated carbocycles. The van der Waals surface area contributed by atoms with Gasteiger partial charge in [0.2, 0.25) is 0 Å². The SMILES string of the molecule is C=C(Cl)c1ccccc1Cl.C=Cc1ccc(Cl)cc1Cl. The molecule has 0 amide bonds. The molecule has 0 heterocycles. The molecule has 0 aliphatic rings. The van der Waals surface area contributed by atoms with Crippen molar-refractivity contribution in [1.29, 1.82) is 0 Å². The predicted octanol–water partition coefficient (Wildman–Crippen LogP) is 7.19. The molecule has 0 radical (unpaired) electrons. The van der Waals surface area contributed by atoms with Crippen molar-refractivity contribution in [2.75, 3.05) is 0 Å². The Morgan fingerprint density at radius 3 is 2.05 bits per heavy atom. The minimum atomic E-state index is 0.477. The lowest BCUT2D eigenvalue weighted by atomic mass is 10.2. The highest BCUT2D eigenvalue weighted by molar-refractivity contribution is 6.50. The monoisotopic (exact) mass is 344 g/mol. The Bertz CT molecular complexity index is 618. The van der Waals surface area contributed by atoms with Gasteiger partial charge >= 0.3 is 0 Å². The van der Waals surface area contributed by atoms with Gasteiger partial charge in [-0.15, -0.1) is 0 Å². The van der Waals surface area contributed by atoms with Crippen LogP contribution in [0.2, 0.25) is 15.1 Å². The minimum absolute atomic E-state index is 0.477. The van der Waals surface area contributed by atoms with Crippen molar-refractivity contribution in [2.45, 2.75) is 0 Å². The minimum Gasteiger partial charge on any atom is -0.0984 e. The molecule has 0 fully saturated rings. The first-order valence-corrected chi connectivity index (χ1v) is 7.13. The van der Waals surface area contributed by atoms with Gasteiger partial charge in [-0.2, -0.15) is 0 Å². The summed E-state index contributed by atoms with van der Waals surface area (Å²) in [6.45, 7) is 7.16. The average Bonchev–Trinajstić information content (AvgIpc) is 2.40. The van der Waals surface area contributed by atoms with E-state index in [-0.39, 0.29) is 0 Å². The highest BCUT2D eigenvalue weighted by Gasteiger charge is 1.98. The van der Waals surface area contributed by atoms with E-state index >= 15 is 0 Å². The van der Waals surface area contributed by atoms with Crippen LogP contribution in [-0.2, 0) is 0 Å². The molecule has 0 atom stereocenters. The van der Waals surface area contributed by atoms with Crippen molar-refractivity contribution in [2.24, 2.45) is 0 Å². The van der Waals surface area contributed by atoms with E-state index in [0.29, 0.717) is 20.1 Å². The molecule has 0 bridgehead atoms. The summed E-state index contributed by atoms with van der Waals surface area (Å²) in [5.41, 5.74) is 1.71. The van der Waals surface area contributed by atoms with Crippen LogP contribution in [0, 0.1) is 0 Å². The topological polar surface area (TPSA) is 0 Å². The van der Waals surface area contributed by atoms with Crippen LogP contribution in [0.25, 0.3) is 11.1 Å². The molecule has 104 valence electrons. The van der Waals surface area contributed by atoms with E-state index in [1.807, 2.05) is 24.3 Å². The fourth-order valence-corrected chi connectivity index (χ4v) is 2.30. The summed E-state index contributed by atoms with van der Waals surface area (Å²) in [4.78, 5) is 0. The van der Waals surface area contributed by atoms with Crippen molar-refractivity contribution < 1.29 is 0 Å². The van der Waals surface area contributed by atoms with Crippen LogP contribution in [-0.4, -0.2) is 0 Å². The van der Waals surface area contributed by atoms with E-state index in [0.717, 1.165) is 11.1 Å². The summed E-state index contributed by atoms with van der Waals surface area (Å²) in [5, 5.41) is 2.41. The van der Waals surface area contributed by atoms with Crippen LogP contribution in [0.3, 0.4) is 0 Å².